The maximum absolute atomic E-state index is 6.51. The minimum Gasteiger partial charge on any atom is -0.388 e. The minimum absolute atomic E-state index is 0.339. The molecule has 1 aromatic carbocycles. The highest BCUT2D eigenvalue weighted by Gasteiger charge is 2.52. The van der Waals surface area contributed by atoms with E-state index in [4.69, 9.17) is 27.7 Å². The summed E-state index contributed by atoms with van der Waals surface area (Å²) in [6.45, 7) is 2.05. The molecule has 3 aromatic rings. The number of rotatable bonds is 4. The third kappa shape index (κ3) is 2.51. The average molecular weight is 380 g/mol. The van der Waals surface area contributed by atoms with E-state index >= 15 is 0 Å². The van der Waals surface area contributed by atoms with Gasteiger partial charge in [-0.25, -0.2) is 0 Å². The number of thiophene rings is 1. The Morgan fingerprint density at radius 2 is 1.92 bits per heavy atom. The molecule has 7 heteroatoms. The van der Waals surface area contributed by atoms with Crippen LogP contribution in [0, 0.1) is 6.92 Å². The van der Waals surface area contributed by atoms with E-state index in [0.717, 1.165) is 29.0 Å². The second-order valence-corrected chi connectivity index (χ2v) is 8.08. The second kappa shape index (κ2) is 5.76. The fraction of sp³-hybridized carbons (Fsp3) is 0.294. The van der Waals surface area contributed by atoms with Gasteiger partial charge in [-0.1, -0.05) is 28.4 Å². The molecule has 124 valence electrons. The lowest BCUT2D eigenvalue weighted by molar-refractivity contribution is 0.418. The van der Waals surface area contributed by atoms with Crippen molar-refractivity contribution in [1.29, 1.82) is 0 Å². The summed E-state index contributed by atoms with van der Waals surface area (Å²) in [5, 5.41) is 8.54. The average Bonchev–Trinajstić information content (AvgIpc) is 2.98. The molecule has 0 aliphatic heterocycles. The van der Waals surface area contributed by atoms with E-state index in [2.05, 4.69) is 22.4 Å². The van der Waals surface area contributed by atoms with Gasteiger partial charge in [0, 0.05) is 33.2 Å². The van der Waals surface area contributed by atoms with Crippen molar-refractivity contribution in [2.24, 2.45) is 0 Å². The third-order valence-electron chi connectivity index (χ3n) is 4.36. The molecular weight excluding hydrogens is 365 g/mol. The lowest BCUT2D eigenvalue weighted by atomic mass is 9.94. The van der Waals surface area contributed by atoms with Crippen LogP contribution in [-0.2, 0) is 5.41 Å². The van der Waals surface area contributed by atoms with Crippen LogP contribution in [-0.4, -0.2) is 17.2 Å². The van der Waals surface area contributed by atoms with Crippen molar-refractivity contribution in [3.05, 3.63) is 50.6 Å². The maximum Gasteiger partial charge on any atom is 0.268 e. The number of nitrogens with zero attached hydrogens (tertiary/aromatic N) is 2. The summed E-state index contributed by atoms with van der Waals surface area (Å²) in [6, 6.07) is 7.80. The quantitative estimate of drug-likeness (QED) is 0.646. The van der Waals surface area contributed by atoms with Crippen LogP contribution >= 0.6 is 34.5 Å². The van der Waals surface area contributed by atoms with Crippen molar-refractivity contribution < 1.29 is 4.52 Å². The number of aryl methyl sites for hydroxylation is 1. The standard InChI is InChI=1S/C17H15Cl2N3OS/c1-9-3-4-13(24-9)15-21-16(22-23-15)17(5-6-17)14-11(18)7-10(20-2)8-12(14)19/h3-4,7-8,20H,5-6H2,1-2H3. The van der Waals surface area contributed by atoms with Gasteiger partial charge in [0.2, 0.25) is 0 Å². The van der Waals surface area contributed by atoms with Crippen LogP contribution in [0.15, 0.2) is 28.8 Å². The highest BCUT2D eigenvalue weighted by Crippen LogP contribution is 2.57. The molecule has 2 heterocycles. The highest BCUT2D eigenvalue weighted by molar-refractivity contribution is 7.15. The highest BCUT2D eigenvalue weighted by atomic mass is 35.5. The Hall–Kier alpha value is -1.56. The predicted octanol–water partition coefficient (Wildman–Crippen LogP) is 5.53. The Morgan fingerprint density at radius 3 is 2.46 bits per heavy atom. The first-order valence-corrected chi connectivity index (χ1v) is 9.19. The second-order valence-electron chi connectivity index (χ2n) is 5.98. The first-order valence-electron chi connectivity index (χ1n) is 7.62. The Bertz CT molecular complexity index is 891. The zero-order valence-electron chi connectivity index (χ0n) is 13.2. The van der Waals surface area contributed by atoms with Crippen molar-refractivity contribution in [1.82, 2.24) is 10.1 Å². The van der Waals surface area contributed by atoms with Gasteiger partial charge in [0.1, 0.15) is 0 Å². The van der Waals surface area contributed by atoms with Gasteiger partial charge in [-0.3, -0.25) is 0 Å². The molecule has 0 bridgehead atoms. The van der Waals surface area contributed by atoms with Crippen molar-refractivity contribution in [3.63, 3.8) is 0 Å². The van der Waals surface area contributed by atoms with Crippen molar-refractivity contribution in [2.75, 3.05) is 12.4 Å². The van der Waals surface area contributed by atoms with E-state index in [-0.39, 0.29) is 5.41 Å². The smallest absolute Gasteiger partial charge is 0.268 e. The molecule has 1 fully saturated rings. The van der Waals surface area contributed by atoms with Crippen LogP contribution in [0.3, 0.4) is 0 Å². The molecule has 0 unspecified atom stereocenters. The van der Waals surface area contributed by atoms with Gasteiger partial charge >= 0.3 is 0 Å². The number of hydrogen-bond acceptors (Lipinski definition) is 5. The Balaban J connectivity index is 1.76. The van der Waals surface area contributed by atoms with E-state index in [1.165, 1.54) is 4.88 Å². The Labute approximate surface area is 153 Å². The van der Waals surface area contributed by atoms with Gasteiger partial charge in [-0.2, -0.15) is 4.98 Å². The van der Waals surface area contributed by atoms with Crippen molar-refractivity contribution in [2.45, 2.75) is 25.2 Å². The number of nitrogens with one attached hydrogen (secondary N) is 1. The number of halogens is 2. The molecular formula is C17H15Cl2N3OS. The lowest BCUT2D eigenvalue weighted by Crippen LogP contribution is -2.12. The summed E-state index contributed by atoms with van der Waals surface area (Å²) in [5.41, 5.74) is 1.43. The third-order valence-corrected chi connectivity index (χ3v) is 5.95. The molecule has 2 aromatic heterocycles. The fourth-order valence-electron chi connectivity index (χ4n) is 2.95. The van der Waals surface area contributed by atoms with Crippen LogP contribution in [0.2, 0.25) is 10.0 Å². The van der Waals surface area contributed by atoms with E-state index in [1.54, 1.807) is 11.3 Å². The van der Waals surface area contributed by atoms with Crippen LogP contribution in [0.5, 0.6) is 0 Å². The van der Waals surface area contributed by atoms with Gasteiger partial charge in [0.05, 0.1) is 10.3 Å². The molecule has 0 spiro atoms. The lowest BCUT2D eigenvalue weighted by Gasteiger charge is -2.16. The summed E-state index contributed by atoms with van der Waals surface area (Å²) in [7, 11) is 1.84. The Kier molecular flexibility index (Phi) is 3.82. The zero-order valence-corrected chi connectivity index (χ0v) is 15.5. The first kappa shape index (κ1) is 15.9. The first-order chi connectivity index (χ1) is 11.5. The Morgan fingerprint density at radius 1 is 1.21 bits per heavy atom. The maximum atomic E-state index is 6.51. The largest absolute Gasteiger partial charge is 0.388 e. The van der Waals surface area contributed by atoms with Crippen molar-refractivity contribution >= 4 is 40.2 Å². The number of hydrogen-bond donors (Lipinski definition) is 1. The van der Waals surface area contributed by atoms with Crippen LogP contribution < -0.4 is 5.32 Å². The molecule has 0 atom stereocenters. The molecule has 4 nitrogen and oxygen atoms in total. The van der Waals surface area contributed by atoms with Crippen molar-refractivity contribution in [3.8, 4) is 10.8 Å². The number of anilines is 1. The van der Waals surface area contributed by atoms with Gasteiger partial charge < -0.3 is 9.84 Å². The number of aromatic nitrogens is 2. The topological polar surface area (TPSA) is 51.0 Å². The molecule has 1 aliphatic rings. The van der Waals surface area contributed by atoms with Gasteiger partial charge in [-0.05, 0) is 44.0 Å². The fourth-order valence-corrected chi connectivity index (χ4v) is 4.59. The van der Waals surface area contributed by atoms with E-state index in [0.29, 0.717) is 21.8 Å². The molecule has 0 amide bonds. The molecule has 1 saturated carbocycles. The SMILES string of the molecule is CNc1cc(Cl)c(C2(c3noc(-c4ccc(C)s4)n3)CC2)c(Cl)c1. The minimum atomic E-state index is -0.339. The molecule has 4 rings (SSSR count). The van der Waals surface area contributed by atoms with Crippen LogP contribution in [0.4, 0.5) is 5.69 Å². The van der Waals surface area contributed by atoms with E-state index in [9.17, 15) is 0 Å². The molecule has 1 aliphatic carbocycles. The predicted molar refractivity (Wildman–Crippen MR) is 98.4 cm³/mol. The van der Waals surface area contributed by atoms with Gasteiger partial charge in [0.15, 0.2) is 5.82 Å². The van der Waals surface area contributed by atoms with Crippen LogP contribution in [0.1, 0.15) is 29.1 Å². The molecule has 24 heavy (non-hydrogen) atoms. The summed E-state index contributed by atoms with van der Waals surface area (Å²) in [4.78, 5) is 6.81. The normalized spacial score (nSPS) is 15.5. The molecule has 0 radical (unpaired) electrons. The summed E-state index contributed by atoms with van der Waals surface area (Å²) < 4.78 is 5.49. The van der Waals surface area contributed by atoms with Crippen LogP contribution in [0.25, 0.3) is 10.8 Å². The molecule has 1 N–H and O–H groups in total. The van der Waals surface area contributed by atoms with Gasteiger partial charge in [-0.15, -0.1) is 11.3 Å². The summed E-state index contributed by atoms with van der Waals surface area (Å²) >= 11 is 14.6. The summed E-state index contributed by atoms with van der Waals surface area (Å²) in [6.07, 6.45) is 1.82. The zero-order chi connectivity index (χ0) is 16.9. The van der Waals surface area contributed by atoms with E-state index in [1.807, 2.05) is 31.3 Å². The molecule has 0 saturated heterocycles. The monoisotopic (exact) mass is 379 g/mol. The van der Waals surface area contributed by atoms with Gasteiger partial charge in [0.25, 0.3) is 5.89 Å². The van der Waals surface area contributed by atoms with E-state index < -0.39 is 0 Å². The summed E-state index contributed by atoms with van der Waals surface area (Å²) in [5.74, 6) is 1.21. The number of benzene rings is 1.